The van der Waals surface area contributed by atoms with E-state index in [4.69, 9.17) is 4.74 Å². The van der Waals surface area contributed by atoms with Gasteiger partial charge in [0.15, 0.2) is 11.7 Å². The molecule has 5 heteroatoms. The number of fused-ring (bicyclic) bond motifs is 1. The number of carbonyl (C=O) groups is 1. The lowest BCUT2D eigenvalue weighted by molar-refractivity contribution is 0.103. The normalized spacial score (nSPS) is 10.5. The maximum absolute atomic E-state index is 12.5. The van der Waals surface area contributed by atoms with E-state index in [9.17, 15) is 4.79 Å². The summed E-state index contributed by atoms with van der Waals surface area (Å²) in [7, 11) is 0. The second-order valence-electron chi connectivity index (χ2n) is 5.01. The number of imidazole rings is 1. The Bertz CT molecular complexity index is 817. The second kappa shape index (κ2) is 6.36. The summed E-state index contributed by atoms with van der Waals surface area (Å²) in [5.41, 5.74) is 2.17. The lowest BCUT2D eigenvalue weighted by Gasteiger charge is -2.09. The van der Waals surface area contributed by atoms with Crippen LogP contribution >= 0.6 is 0 Å². The quantitative estimate of drug-likeness (QED) is 0.542. The summed E-state index contributed by atoms with van der Waals surface area (Å²) in [4.78, 5) is 19.9. The van der Waals surface area contributed by atoms with Crippen LogP contribution in [0.25, 0.3) is 11.0 Å². The Morgan fingerprint density at radius 2 is 1.96 bits per heavy atom. The molecule has 1 heterocycles. The molecule has 0 saturated carbocycles. The van der Waals surface area contributed by atoms with Gasteiger partial charge >= 0.3 is 0 Å². The molecule has 0 aliphatic carbocycles. The number of aromatic nitrogens is 2. The molecule has 0 atom stereocenters. The Labute approximate surface area is 134 Å². The maximum atomic E-state index is 12.5. The third-order valence-electron chi connectivity index (χ3n) is 3.34. The molecule has 3 aromatic rings. The van der Waals surface area contributed by atoms with E-state index in [0.717, 1.165) is 17.6 Å². The van der Waals surface area contributed by atoms with Crippen LogP contribution in [0.2, 0.25) is 0 Å². The summed E-state index contributed by atoms with van der Waals surface area (Å²) in [6.07, 6.45) is 0. The highest BCUT2D eigenvalue weighted by Gasteiger charge is 2.13. The molecule has 2 aromatic carbocycles. The molecule has 3 rings (SSSR count). The molecule has 0 fully saturated rings. The molecule has 23 heavy (non-hydrogen) atoms. The minimum atomic E-state index is -0.154. The number of aromatic amines is 1. The number of ether oxygens (including phenoxy) is 1. The molecule has 0 aliphatic rings. The number of H-pyrrole nitrogens is 1. The smallest absolute Gasteiger partial charge is 0.228 e. The molecular weight excluding hydrogens is 290 g/mol. The minimum absolute atomic E-state index is 0.154. The Hall–Kier alpha value is -3.08. The molecule has 5 nitrogen and oxygen atoms in total. The van der Waals surface area contributed by atoms with Gasteiger partial charge < -0.3 is 15.0 Å². The standard InChI is InChI=1S/C18H17N3O2/c1-3-19-12(2)23-14-10-8-13(9-11-14)17(22)18-20-15-6-4-5-7-16(15)21-18/h4-11,19H,2-3H2,1H3,(H,20,21). The van der Waals surface area contributed by atoms with Gasteiger partial charge in [-0.15, -0.1) is 0 Å². The largest absolute Gasteiger partial charge is 0.442 e. The summed E-state index contributed by atoms with van der Waals surface area (Å²) in [6, 6.07) is 14.4. The Kier molecular flexibility index (Phi) is 4.10. The highest BCUT2D eigenvalue weighted by atomic mass is 16.5. The van der Waals surface area contributed by atoms with Gasteiger partial charge in [0.25, 0.3) is 0 Å². The van der Waals surface area contributed by atoms with E-state index in [0.29, 0.717) is 23.0 Å². The van der Waals surface area contributed by atoms with Crippen molar-refractivity contribution in [1.29, 1.82) is 0 Å². The van der Waals surface area contributed by atoms with Crippen LogP contribution in [-0.4, -0.2) is 22.3 Å². The van der Waals surface area contributed by atoms with E-state index in [1.54, 1.807) is 24.3 Å². The third-order valence-corrected chi connectivity index (χ3v) is 3.34. The molecule has 0 unspecified atom stereocenters. The van der Waals surface area contributed by atoms with Gasteiger partial charge in [0, 0.05) is 12.1 Å². The molecule has 0 saturated heterocycles. The zero-order valence-electron chi connectivity index (χ0n) is 12.8. The van der Waals surface area contributed by atoms with Gasteiger partial charge in [0.2, 0.25) is 5.78 Å². The number of rotatable bonds is 6. The van der Waals surface area contributed by atoms with E-state index in [2.05, 4.69) is 21.9 Å². The number of ketones is 1. The van der Waals surface area contributed by atoms with Crippen molar-refractivity contribution in [3.05, 3.63) is 72.4 Å². The highest BCUT2D eigenvalue weighted by molar-refractivity contribution is 6.08. The number of hydrogen-bond donors (Lipinski definition) is 2. The van der Waals surface area contributed by atoms with Crippen molar-refractivity contribution in [2.45, 2.75) is 6.92 Å². The number of nitrogens with zero attached hydrogens (tertiary/aromatic N) is 1. The van der Waals surface area contributed by atoms with Crippen LogP contribution in [0, 0.1) is 0 Å². The van der Waals surface area contributed by atoms with Gasteiger partial charge in [0.1, 0.15) is 5.75 Å². The van der Waals surface area contributed by atoms with Crippen LogP contribution < -0.4 is 10.1 Å². The van der Waals surface area contributed by atoms with Gasteiger partial charge in [0.05, 0.1) is 11.0 Å². The van der Waals surface area contributed by atoms with Crippen molar-refractivity contribution >= 4 is 16.8 Å². The van der Waals surface area contributed by atoms with Gasteiger partial charge in [-0.25, -0.2) is 4.98 Å². The molecule has 116 valence electrons. The molecule has 0 radical (unpaired) electrons. The molecule has 2 N–H and O–H groups in total. The van der Waals surface area contributed by atoms with Crippen molar-refractivity contribution in [2.24, 2.45) is 0 Å². The predicted octanol–water partition coefficient (Wildman–Crippen LogP) is 3.25. The van der Waals surface area contributed by atoms with Crippen molar-refractivity contribution in [3.63, 3.8) is 0 Å². The van der Waals surface area contributed by atoms with E-state index in [1.807, 2.05) is 31.2 Å². The topological polar surface area (TPSA) is 67.0 Å². The van der Waals surface area contributed by atoms with Crippen molar-refractivity contribution in [3.8, 4) is 5.75 Å². The first-order chi connectivity index (χ1) is 11.2. The SMILES string of the molecule is C=C(NCC)Oc1ccc(C(=O)c2nc3ccccc3[nH]2)cc1. The number of nitrogens with one attached hydrogen (secondary N) is 2. The maximum Gasteiger partial charge on any atom is 0.228 e. The van der Waals surface area contributed by atoms with Crippen LogP contribution in [-0.2, 0) is 0 Å². The first-order valence-electron chi connectivity index (χ1n) is 7.37. The minimum Gasteiger partial charge on any atom is -0.442 e. The van der Waals surface area contributed by atoms with E-state index >= 15 is 0 Å². The number of hydrogen-bond acceptors (Lipinski definition) is 4. The summed E-state index contributed by atoms with van der Waals surface area (Å²) >= 11 is 0. The molecule has 0 spiro atoms. The zero-order valence-corrected chi connectivity index (χ0v) is 12.8. The van der Waals surface area contributed by atoms with E-state index in [-0.39, 0.29) is 5.78 Å². The van der Waals surface area contributed by atoms with Crippen LogP contribution in [0.15, 0.2) is 61.0 Å². The average molecular weight is 307 g/mol. The lowest BCUT2D eigenvalue weighted by atomic mass is 10.1. The van der Waals surface area contributed by atoms with Crippen molar-refractivity contribution in [1.82, 2.24) is 15.3 Å². The number of benzene rings is 2. The first kappa shape index (κ1) is 14.8. The Morgan fingerprint density at radius 3 is 2.65 bits per heavy atom. The van der Waals surface area contributed by atoms with E-state index in [1.165, 1.54) is 0 Å². The number of para-hydroxylation sites is 2. The summed E-state index contributed by atoms with van der Waals surface area (Å²) in [5.74, 6) is 1.27. The average Bonchev–Trinajstić information content (AvgIpc) is 2.99. The zero-order chi connectivity index (χ0) is 16.2. The van der Waals surface area contributed by atoms with Crippen LogP contribution in [0.1, 0.15) is 23.1 Å². The van der Waals surface area contributed by atoms with Crippen molar-refractivity contribution in [2.75, 3.05) is 6.54 Å². The van der Waals surface area contributed by atoms with Crippen molar-refractivity contribution < 1.29 is 9.53 Å². The lowest BCUT2D eigenvalue weighted by Crippen LogP contribution is -2.15. The van der Waals surface area contributed by atoms with Gasteiger partial charge in [-0.3, -0.25) is 4.79 Å². The van der Waals surface area contributed by atoms with Crippen LogP contribution in [0.4, 0.5) is 0 Å². The fourth-order valence-corrected chi connectivity index (χ4v) is 2.25. The molecular formula is C18H17N3O2. The van der Waals surface area contributed by atoms with Gasteiger partial charge in [-0.2, -0.15) is 0 Å². The Balaban J connectivity index is 1.78. The highest BCUT2D eigenvalue weighted by Crippen LogP contribution is 2.17. The van der Waals surface area contributed by atoms with Crippen LogP contribution in [0.5, 0.6) is 5.75 Å². The fraction of sp³-hybridized carbons (Fsp3) is 0.111. The molecule has 0 bridgehead atoms. The second-order valence-corrected chi connectivity index (χ2v) is 5.01. The molecule has 1 aromatic heterocycles. The van der Waals surface area contributed by atoms with E-state index < -0.39 is 0 Å². The molecule has 0 amide bonds. The van der Waals surface area contributed by atoms with Gasteiger partial charge in [-0.1, -0.05) is 12.1 Å². The van der Waals surface area contributed by atoms with Crippen LogP contribution in [0.3, 0.4) is 0 Å². The summed E-state index contributed by atoms with van der Waals surface area (Å²) in [6.45, 7) is 6.45. The summed E-state index contributed by atoms with van der Waals surface area (Å²) in [5, 5.41) is 2.97. The van der Waals surface area contributed by atoms with Gasteiger partial charge in [-0.05, 0) is 49.9 Å². The predicted molar refractivity (Wildman–Crippen MR) is 89.4 cm³/mol. The third kappa shape index (κ3) is 3.23. The summed E-state index contributed by atoms with van der Waals surface area (Å²) < 4.78 is 5.50. The fourth-order valence-electron chi connectivity index (χ4n) is 2.25. The number of carbonyl (C=O) groups excluding carboxylic acids is 1. The monoisotopic (exact) mass is 307 g/mol. The molecule has 0 aliphatic heterocycles. The Morgan fingerprint density at radius 1 is 1.22 bits per heavy atom. The first-order valence-corrected chi connectivity index (χ1v) is 7.37.